The number of aromatic hydroxyl groups is 1. The second-order valence-electron chi connectivity index (χ2n) is 7.94. The number of hydrogen-bond acceptors (Lipinski definition) is 7. The Labute approximate surface area is 195 Å². The molecule has 4 aromatic rings. The molecule has 0 aliphatic rings. The van der Waals surface area contributed by atoms with Crippen LogP contribution in [0.3, 0.4) is 0 Å². The van der Waals surface area contributed by atoms with Gasteiger partial charge in [-0.25, -0.2) is 13.2 Å². The highest BCUT2D eigenvalue weighted by molar-refractivity contribution is 7.89. The van der Waals surface area contributed by atoms with Crippen molar-refractivity contribution in [1.29, 1.82) is 0 Å². The molecule has 4 rings (SSSR count). The van der Waals surface area contributed by atoms with E-state index in [2.05, 4.69) is 4.72 Å². The molecule has 0 amide bonds. The lowest BCUT2D eigenvalue weighted by Gasteiger charge is -2.17. The van der Waals surface area contributed by atoms with Gasteiger partial charge in [-0.3, -0.25) is 4.79 Å². The summed E-state index contributed by atoms with van der Waals surface area (Å²) in [6, 6.07) is 14.1. The van der Waals surface area contributed by atoms with E-state index in [4.69, 9.17) is 9.15 Å². The Hall–Kier alpha value is -3.69. The molecule has 0 saturated heterocycles. The summed E-state index contributed by atoms with van der Waals surface area (Å²) in [5.41, 5.74) is 0.845. The zero-order chi connectivity index (χ0) is 24.5. The van der Waals surface area contributed by atoms with Crippen LogP contribution in [0.1, 0.15) is 25.3 Å². The molecule has 0 radical (unpaired) electrons. The number of sulfonamides is 1. The Morgan fingerprint density at radius 3 is 2.50 bits per heavy atom. The standard InChI is InChI=1S/C25H23NO7S/c1-3-6-19(26-34(30,31)17-11-9-15(2)10-12-17)25(29)32-16-13-20(27)23-22(14-16)33-21-8-5-4-7-18(21)24(23)28/h4-5,7-14,19,26-27H,3,6H2,1-2H3/t19-/m1/s1. The van der Waals surface area contributed by atoms with Gasteiger partial charge < -0.3 is 14.3 Å². The molecule has 34 heavy (non-hydrogen) atoms. The highest BCUT2D eigenvalue weighted by Crippen LogP contribution is 2.30. The van der Waals surface area contributed by atoms with Gasteiger partial charge in [0.25, 0.3) is 0 Å². The highest BCUT2D eigenvalue weighted by atomic mass is 32.2. The molecule has 0 unspecified atom stereocenters. The number of carbonyl (C=O) groups excluding carboxylic acids is 1. The lowest BCUT2D eigenvalue weighted by molar-refractivity contribution is -0.136. The number of hydrogen-bond donors (Lipinski definition) is 2. The summed E-state index contributed by atoms with van der Waals surface area (Å²) in [4.78, 5) is 25.6. The third-order valence-electron chi connectivity index (χ3n) is 5.34. The van der Waals surface area contributed by atoms with Crippen LogP contribution in [-0.4, -0.2) is 25.5 Å². The van der Waals surface area contributed by atoms with Crippen molar-refractivity contribution in [3.8, 4) is 11.5 Å². The predicted molar refractivity (Wildman–Crippen MR) is 127 cm³/mol. The number of benzene rings is 3. The van der Waals surface area contributed by atoms with E-state index in [1.54, 1.807) is 36.4 Å². The number of phenols is 1. The maximum absolute atomic E-state index is 12.9. The minimum absolute atomic E-state index is 0.0315. The van der Waals surface area contributed by atoms with Crippen molar-refractivity contribution in [2.24, 2.45) is 0 Å². The number of carbonyl (C=O) groups is 1. The van der Waals surface area contributed by atoms with Gasteiger partial charge in [0.1, 0.15) is 34.1 Å². The van der Waals surface area contributed by atoms with E-state index in [0.717, 1.165) is 11.6 Å². The summed E-state index contributed by atoms with van der Waals surface area (Å²) in [5, 5.41) is 10.7. The van der Waals surface area contributed by atoms with Gasteiger partial charge >= 0.3 is 5.97 Å². The molecule has 1 aromatic heterocycles. The van der Waals surface area contributed by atoms with E-state index in [-0.39, 0.29) is 28.0 Å². The number of rotatable bonds is 7. The summed E-state index contributed by atoms with van der Waals surface area (Å²) < 4.78 is 39.0. The van der Waals surface area contributed by atoms with Crippen molar-refractivity contribution >= 4 is 37.9 Å². The van der Waals surface area contributed by atoms with E-state index < -0.39 is 33.2 Å². The van der Waals surface area contributed by atoms with Crippen LogP contribution in [0.25, 0.3) is 21.9 Å². The van der Waals surface area contributed by atoms with Crippen molar-refractivity contribution in [3.05, 3.63) is 76.5 Å². The number of ether oxygens (including phenoxy) is 1. The van der Waals surface area contributed by atoms with Crippen LogP contribution >= 0.6 is 0 Å². The van der Waals surface area contributed by atoms with E-state index in [1.807, 2.05) is 13.8 Å². The van der Waals surface area contributed by atoms with Crippen molar-refractivity contribution in [2.75, 3.05) is 0 Å². The van der Waals surface area contributed by atoms with Crippen LogP contribution in [-0.2, 0) is 14.8 Å². The summed E-state index contributed by atoms with van der Waals surface area (Å²) >= 11 is 0. The van der Waals surface area contributed by atoms with Crippen molar-refractivity contribution in [3.63, 3.8) is 0 Å². The number of fused-ring (bicyclic) bond motifs is 2. The maximum atomic E-state index is 12.9. The summed E-state index contributed by atoms with van der Waals surface area (Å²) in [6.45, 7) is 3.65. The molecule has 176 valence electrons. The van der Waals surface area contributed by atoms with Crippen molar-refractivity contribution in [1.82, 2.24) is 4.72 Å². The average molecular weight is 482 g/mol. The Morgan fingerprint density at radius 1 is 1.09 bits per heavy atom. The van der Waals surface area contributed by atoms with Gasteiger partial charge in [-0.1, -0.05) is 43.2 Å². The summed E-state index contributed by atoms with van der Waals surface area (Å²) in [5.74, 6) is -1.34. The van der Waals surface area contributed by atoms with Crippen molar-refractivity contribution in [2.45, 2.75) is 37.6 Å². The molecular weight excluding hydrogens is 458 g/mol. The number of aryl methyl sites for hydroxylation is 1. The number of phenolic OH excluding ortho intramolecular Hbond substituents is 1. The quantitative estimate of drug-likeness (QED) is 0.232. The molecule has 9 heteroatoms. The Bertz CT molecular complexity index is 1540. The van der Waals surface area contributed by atoms with Gasteiger partial charge in [-0.15, -0.1) is 0 Å². The molecule has 1 heterocycles. The Kier molecular flexibility index (Phi) is 6.41. The molecule has 0 aliphatic carbocycles. The second-order valence-corrected chi connectivity index (χ2v) is 9.65. The van der Waals surface area contributed by atoms with Gasteiger partial charge in [0.2, 0.25) is 15.5 Å². The van der Waals surface area contributed by atoms with Gasteiger partial charge in [0, 0.05) is 12.1 Å². The molecule has 0 fully saturated rings. The Morgan fingerprint density at radius 2 is 1.79 bits per heavy atom. The van der Waals surface area contributed by atoms with E-state index >= 15 is 0 Å². The minimum Gasteiger partial charge on any atom is -0.507 e. The molecule has 0 bridgehead atoms. The van der Waals surface area contributed by atoms with Crippen LogP contribution in [0.2, 0.25) is 0 Å². The average Bonchev–Trinajstić information content (AvgIpc) is 2.78. The lowest BCUT2D eigenvalue weighted by atomic mass is 10.1. The maximum Gasteiger partial charge on any atom is 0.329 e. The van der Waals surface area contributed by atoms with Crippen LogP contribution in [0, 0.1) is 6.92 Å². The van der Waals surface area contributed by atoms with E-state index in [1.165, 1.54) is 18.2 Å². The van der Waals surface area contributed by atoms with Crippen molar-refractivity contribution < 1.29 is 27.5 Å². The smallest absolute Gasteiger partial charge is 0.329 e. The zero-order valence-electron chi connectivity index (χ0n) is 18.6. The summed E-state index contributed by atoms with van der Waals surface area (Å²) in [7, 11) is -3.97. The summed E-state index contributed by atoms with van der Waals surface area (Å²) in [6.07, 6.45) is 0.712. The van der Waals surface area contributed by atoms with E-state index in [9.17, 15) is 23.1 Å². The third-order valence-corrected chi connectivity index (χ3v) is 6.83. The lowest BCUT2D eigenvalue weighted by Crippen LogP contribution is -2.42. The topological polar surface area (TPSA) is 123 Å². The van der Waals surface area contributed by atoms with Crippen LogP contribution < -0.4 is 14.9 Å². The second kappa shape index (κ2) is 9.28. The molecule has 0 aliphatic heterocycles. The van der Waals surface area contributed by atoms with Gasteiger partial charge in [-0.05, 0) is 37.6 Å². The first-order valence-corrected chi connectivity index (χ1v) is 12.2. The fraction of sp³-hybridized carbons (Fsp3) is 0.200. The Balaban J connectivity index is 1.64. The van der Waals surface area contributed by atoms with Gasteiger partial charge in [0.05, 0.1) is 10.3 Å². The molecule has 8 nitrogen and oxygen atoms in total. The van der Waals surface area contributed by atoms with E-state index in [0.29, 0.717) is 17.4 Å². The molecule has 2 N–H and O–H groups in total. The first kappa shape index (κ1) is 23.5. The zero-order valence-corrected chi connectivity index (χ0v) is 19.4. The molecule has 0 saturated carbocycles. The monoisotopic (exact) mass is 481 g/mol. The molecular formula is C25H23NO7S. The van der Waals surface area contributed by atoms with Gasteiger partial charge in [0.15, 0.2) is 0 Å². The first-order chi connectivity index (χ1) is 16.2. The SMILES string of the molecule is CCC[C@@H](NS(=O)(=O)c1ccc(C)cc1)C(=O)Oc1cc(O)c2c(=O)c3ccccc3oc2c1. The fourth-order valence-corrected chi connectivity index (χ4v) is 4.83. The first-order valence-electron chi connectivity index (χ1n) is 10.7. The van der Waals surface area contributed by atoms with Gasteiger partial charge in [-0.2, -0.15) is 4.72 Å². The van der Waals surface area contributed by atoms with Crippen LogP contribution in [0.15, 0.2) is 74.8 Å². The fourth-order valence-electron chi connectivity index (χ4n) is 3.61. The highest BCUT2D eigenvalue weighted by Gasteiger charge is 2.27. The molecule has 3 aromatic carbocycles. The number of para-hydroxylation sites is 1. The normalized spacial score (nSPS) is 12.6. The number of nitrogens with one attached hydrogen (secondary N) is 1. The largest absolute Gasteiger partial charge is 0.507 e. The third kappa shape index (κ3) is 4.66. The van der Waals surface area contributed by atoms with Crippen LogP contribution in [0.4, 0.5) is 0 Å². The predicted octanol–water partition coefficient (Wildman–Crippen LogP) is 4.01. The number of esters is 1. The minimum atomic E-state index is -3.97. The van der Waals surface area contributed by atoms with Crippen LogP contribution in [0.5, 0.6) is 11.5 Å². The molecule has 0 spiro atoms. The molecule has 1 atom stereocenters.